The highest BCUT2D eigenvalue weighted by Crippen LogP contribution is 2.37. The summed E-state index contributed by atoms with van der Waals surface area (Å²) in [5.41, 5.74) is 2.65. The molecule has 2 heterocycles. The van der Waals surface area contributed by atoms with Crippen LogP contribution in [0.5, 0.6) is 11.5 Å². The Hall–Kier alpha value is -2.54. The molecule has 1 N–H and O–H groups in total. The fourth-order valence-corrected chi connectivity index (χ4v) is 5.17. The molecule has 0 saturated heterocycles. The number of carbonyl (C=O) groups is 1. The van der Waals surface area contributed by atoms with Crippen LogP contribution in [0, 0.1) is 5.92 Å². The maximum absolute atomic E-state index is 12.8. The van der Waals surface area contributed by atoms with Crippen molar-refractivity contribution < 1.29 is 14.3 Å². The topological polar surface area (TPSA) is 64.9 Å². The van der Waals surface area contributed by atoms with Crippen LogP contribution in [0.4, 0.5) is 5.82 Å². The number of hydrogen-bond donors (Lipinski definition) is 1. The lowest BCUT2D eigenvalue weighted by Gasteiger charge is -2.24. The number of anilines is 1. The van der Waals surface area contributed by atoms with Crippen LogP contribution in [-0.2, 0) is 4.79 Å². The zero-order valence-corrected chi connectivity index (χ0v) is 22.6. The second-order valence-electron chi connectivity index (χ2n) is 9.40. The van der Waals surface area contributed by atoms with Crippen LogP contribution in [0.15, 0.2) is 41.0 Å². The van der Waals surface area contributed by atoms with Gasteiger partial charge in [-0.25, -0.2) is 4.98 Å². The molecule has 0 bridgehead atoms. The van der Waals surface area contributed by atoms with E-state index < -0.39 is 0 Å². The lowest BCUT2D eigenvalue weighted by Crippen LogP contribution is -2.23. The van der Waals surface area contributed by atoms with Crippen molar-refractivity contribution in [1.29, 1.82) is 0 Å². The van der Waals surface area contributed by atoms with E-state index in [2.05, 4.69) is 32.6 Å². The van der Waals surface area contributed by atoms with Crippen molar-refractivity contribution in [3.8, 4) is 22.8 Å². The molecule has 3 aromatic rings. The van der Waals surface area contributed by atoms with Gasteiger partial charge in [-0.15, -0.1) is 0 Å². The van der Waals surface area contributed by atoms with Crippen LogP contribution in [0.1, 0.15) is 71.6 Å². The van der Waals surface area contributed by atoms with E-state index >= 15 is 0 Å². The highest BCUT2D eigenvalue weighted by Gasteiger charge is 2.23. The smallest absolute Gasteiger partial charge is 0.314 e. The summed E-state index contributed by atoms with van der Waals surface area (Å²) in [4.78, 5) is 17.7. The molecule has 0 spiro atoms. The molecule has 6 nitrogen and oxygen atoms in total. The Morgan fingerprint density at radius 1 is 1.17 bits per heavy atom. The zero-order valence-electron chi connectivity index (χ0n) is 21.0. The van der Waals surface area contributed by atoms with Crippen LogP contribution in [0.2, 0.25) is 0 Å². The summed E-state index contributed by atoms with van der Waals surface area (Å²) in [6.07, 6.45) is 11.9. The first kappa shape index (κ1) is 25.5. The number of carbonyl (C=O) groups excluding carboxylic acids is 1. The quantitative estimate of drug-likeness (QED) is 0.211. The van der Waals surface area contributed by atoms with Crippen molar-refractivity contribution in [1.82, 2.24) is 9.38 Å². The summed E-state index contributed by atoms with van der Waals surface area (Å²) in [7, 11) is 1.60. The summed E-state index contributed by atoms with van der Waals surface area (Å²) in [5, 5.41) is 3.78. The number of ether oxygens (including phenoxy) is 2. The molecule has 1 saturated carbocycles. The first-order valence-electron chi connectivity index (χ1n) is 12.9. The molecule has 1 unspecified atom stereocenters. The van der Waals surface area contributed by atoms with Gasteiger partial charge in [0.1, 0.15) is 17.2 Å². The van der Waals surface area contributed by atoms with Crippen molar-refractivity contribution in [2.75, 3.05) is 12.4 Å². The molecule has 1 fully saturated rings. The van der Waals surface area contributed by atoms with Crippen molar-refractivity contribution in [2.24, 2.45) is 5.92 Å². The average molecular weight is 543 g/mol. The van der Waals surface area contributed by atoms with Crippen LogP contribution < -0.4 is 14.8 Å². The molecule has 0 aliphatic heterocycles. The highest BCUT2D eigenvalue weighted by molar-refractivity contribution is 9.10. The number of hydrogen-bond acceptors (Lipinski definition) is 5. The number of fused-ring (bicyclic) bond motifs is 1. The molecule has 7 heteroatoms. The van der Waals surface area contributed by atoms with Gasteiger partial charge < -0.3 is 14.8 Å². The Balaban J connectivity index is 1.66. The molecule has 1 aliphatic carbocycles. The first-order valence-corrected chi connectivity index (χ1v) is 13.7. The molecule has 4 rings (SSSR count). The molecule has 1 aliphatic rings. The maximum atomic E-state index is 12.8. The van der Waals surface area contributed by atoms with Gasteiger partial charge in [0.05, 0.1) is 13.0 Å². The van der Waals surface area contributed by atoms with E-state index in [4.69, 9.17) is 14.5 Å². The fourth-order valence-electron chi connectivity index (χ4n) is 4.83. The minimum atomic E-state index is -0.191. The van der Waals surface area contributed by atoms with E-state index in [0.29, 0.717) is 17.5 Å². The summed E-state index contributed by atoms with van der Waals surface area (Å²) >= 11 is 3.60. The molecule has 188 valence electrons. The molecule has 1 atom stereocenters. The Bertz CT molecular complexity index is 1150. The van der Waals surface area contributed by atoms with E-state index in [-0.39, 0.29) is 11.9 Å². The second kappa shape index (κ2) is 11.9. The third kappa shape index (κ3) is 6.00. The van der Waals surface area contributed by atoms with Gasteiger partial charge >= 0.3 is 5.97 Å². The summed E-state index contributed by atoms with van der Waals surface area (Å²) < 4.78 is 14.5. The predicted octanol–water partition coefficient (Wildman–Crippen LogP) is 7.64. The largest absolute Gasteiger partial charge is 0.493 e. The lowest BCUT2D eigenvalue weighted by molar-refractivity contribution is -0.139. The Morgan fingerprint density at radius 2 is 1.97 bits per heavy atom. The number of pyridine rings is 1. The van der Waals surface area contributed by atoms with Gasteiger partial charge in [0.25, 0.3) is 0 Å². The average Bonchev–Trinajstić information content (AvgIpc) is 3.22. The van der Waals surface area contributed by atoms with Crippen LogP contribution in [0.25, 0.3) is 16.9 Å². The number of nitrogens with zero attached hydrogens (tertiary/aromatic N) is 2. The van der Waals surface area contributed by atoms with E-state index in [0.717, 1.165) is 65.7 Å². The van der Waals surface area contributed by atoms with Crippen molar-refractivity contribution in [2.45, 2.75) is 77.7 Å². The van der Waals surface area contributed by atoms with E-state index in [1.165, 1.54) is 19.3 Å². The van der Waals surface area contributed by atoms with Gasteiger partial charge in [0.15, 0.2) is 11.5 Å². The number of imidazole rings is 1. The molecule has 35 heavy (non-hydrogen) atoms. The lowest BCUT2D eigenvalue weighted by atomic mass is 9.95. The van der Waals surface area contributed by atoms with Gasteiger partial charge in [-0.05, 0) is 71.9 Å². The van der Waals surface area contributed by atoms with Crippen LogP contribution in [-0.4, -0.2) is 28.5 Å². The van der Waals surface area contributed by atoms with Crippen LogP contribution in [0.3, 0.4) is 0 Å². The van der Waals surface area contributed by atoms with E-state index in [1.807, 2.05) is 43.5 Å². The van der Waals surface area contributed by atoms with Crippen molar-refractivity contribution in [3.63, 3.8) is 0 Å². The highest BCUT2D eigenvalue weighted by atomic mass is 79.9. The van der Waals surface area contributed by atoms with Gasteiger partial charge in [0, 0.05) is 22.3 Å². The summed E-state index contributed by atoms with van der Waals surface area (Å²) in [6.45, 7) is 4.17. The normalized spacial score (nSPS) is 15.2. The Kier molecular flexibility index (Phi) is 8.71. The SMILES string of the molecule is CCCCC(CC)C(=O)Oc1ccc(-c2nc3ccc(Br)cn3c2NC2CCCCC2)cc1OC. The van der Waals surface area contributed by atoms with Gasteiger partial charge in [-0.3, -0.25) is 9.20 Å². The Morgan fingerprint density at radius 3 is 2.69 bits per heavy atom. The number of benzene rings is 1. The molecule has 0 amide bonds. The number of aromatic nitrogens is 2. The van der Waals surface area contributed by atoms with Gasteiger partial charge in [-0.2, -0.15) is 0 Å². The number of rotatable bonds is 10. The monoisotopic (exact) mass is 541 g/mol. The standard InChI is InChI=1S/C28H36BrN3O3/c1-4-6-10-19(5-2)28(33)35-23-15-13-20(17-24(23)34-3)26-27(30-22-11-8-7-9-12-22)32-18-21(29)14-16-25(32)31-26/h13-19,22,30H,4-12H2,1-3H3. The number of halogens is 1. The number of esters is 1. The summed E-state index contributed by atoms with van der Waals surface area (Å²) in [5.74, 6) is 1.67. The maximum Gasteiger partial charge on any atom is 0.314 e. The number of methoxy groups -OCH3 is 1. The molecule has 1 aromatic carbocycles. The first-order chi connectivity index (χ1) is 17.0. The third-order valence-corrected chi connectivity index (χ3v) is 7.38. The second-order valence-corrected chi connectivity index (χ2v) is 10.3. The molecular formula is C28H36BrN3O3. The van der Waals surface area contributed by atoms with E-state index in [1.54, 1.807) is 7.11 Å². The number of unbranched alkanes of at least 4 members (excludes halogenated alkanes) is 1. The van der Waals surface area contributed by atoms with Crippen molar-refractivity contribution in [3.05, 3.63) is 41.0 Å². The van der Waals surface area contributed by atoms with Gasteiger partial charge in [-0.1, -0.05) is 46.0 Å². The Labute approximate surface area is 216 Å². The van der Waals surface area contributed by atoms with Crippen LogP contribution >= 0.6 is 15.9 Å². The van der Waals surface area contributed by atoms with Gasteiger partial charge in [0.2, 0.25) is 0 Å². The zero-order chi connectivity index (χ0) is 24.8. The molecule has 0 radical (unpaired) electrons. The predicted molar refractivity (Wildman–Crippen MR) is 144 cm³/mol. The summed E-state index contributed by atoms with van der Waals surface area (Å²) in [6, 6.07) is 10.1. The van der Waals surface area contributed by atoms with E-state index in [9.17, 15) is 4.79 Å². The minimum absolute atomic E-state index is 0.0949. The van der Waals surface area contributed by atoms with Crippen molar-refractivity contribution >= 4 is 33.4 Å². The fraction of sp³-hybridized carbons (Fsp3) is 0.500. The minimum Gasteiger partial charge on any atom is -0.493 e. The number of nitrogens with one attached hydrogen (secondary N) is 1. The molecular weight excluding hydrogens is 506 g/mol. The third-order valence-electron chi connectivity index (χ3n) is 6.91. The molecule has 2 aromatic heterocycles.